The van der Waals surface area contributed by atoms with Crippen molar-refractivity contribution in [3.05, 3.63) is 45.2 Å². The molecule has 1 aliphatic heterocycles. The molecule has 0 atom stereocenters. The summed E-state index contributed by atoms with van der Waals surface area (Å²) in [6.07, 6.45) is 0. The maximum Gasteiger partial charge on any atom is 0.209 e. The van der Waals surface area contributed by atoms with Gasteiger partial charge in [0.05, 0.1) is 32.0 Å². The Kier molecular flexibility index (Phi) is 5.67. The van der Waals surface area contributed by atoms with E-state index >= 15 is 0 Å². The molecule has 0 amide bonds. The van der Waals surface area contributed by atoms with Gasteiger partial charge in [-0.15, -0.1) is 23.7 Å². The molecule has 120 valence electrons. The average Bonchev–Trinajstić information content (AvgIpc) is 2.86. The fraction of sp³-hybridized carbons (Fsp3) is 0.438. The van der Waals surface area contributed by atoms with Crippen LogP contribution in [0.1, 0.15) is 16.8 Å². The minimum Gasteiger partial charge on any atom is -0.378 e. The number of thiazole rings is 1. The molecule has 4 nitrogen and oxygen atoms in total. The second-order valence-electron chi connectivity index (χ2n) is 5.37. The molecule has 1 aliphatic rings. The van der Waals surface area contributed by atoms with Crippen molar-refractivity contribution in [1.29, 1.82) is 0 Å². The lowest BCUT2D eigenvalue weighted by Gasteiger charge is -2.30. The molecule has 1 aromatic carbocycles. The van der Waals surface area contributed by atoms with Crippen LogP contribution in [-0.2, 0) is 4.74 Å². The van der Waals surface area contributed by atoms with Gasteiger partial charge < -0.3 is 9.75 Å². The molecule has 0 aliphatic carbocycles. The van der Waals surface area contributed by atoms with Gasteiger partial charge in [-0.3, -0.25) is 0 Å². The topological polar surface area (TPSA) is 29.8 Å². The molecule has 3 rings (SSSR count). The van der Waals surface area contributed by atoms with E-state index in [1.165, 1.54) is 16.8 Å². The lowest BCUT2D eigenvalue weighted by atomic mass is 10.1. The third-order valence-corrected chi connectivity index (χ3v) is 4.85. The number of halogens is 1. The number of hydrogen-bond acceptors (Lipinski definition) is 4. The lowest BCUT2D eigenvalue weighted by molar-refractivity contribution is 0.110. The molecule has 0 N–H and O–H groups in total. The van der Waals surface area contributed by atoms with E-state index in [-0.39, 0.29) is 12.4 Å². The molecule has 1 aromatic heterocycles. The van der Waals surface area contributed by atoms with Gasteiger partial charge in [0.15, 0.2) is 0 Å². The van der Waals surface area contributed by atoms with Crippen LogP contribution in [0.15, 0.2) is 28.6 Å². The van der Waals surface area contributed by atoms with Crippen LogP contribution in [0.25, 0.3) is 0 Å². The van der Waals surface area contributed by atoms with Crippen LogP contribution in [0.4, 0.5) is 5.69 Å². The van der Waals surface area contributed by atoms with Crippen molar-refractivity contribution in [3.63, 3.8) is 0 Å². The van der Waals surface area contributed by atoms with Gasteiger partial charge >= 0.3 is 0 Å². The second kappa shape index (κ2) is 7.31. The van der Waals surface area contributed by atoms with Gasteiger partial charge in [0, 0.05) is 11.1 Å². The summed E-state index contributed by atoms with van der Waals surface area (Å²) in [5.41, 5.74) is 4.81. The predicted molar refractivity (Wildman–Crippen MR) is 94.2 cm³/mol. The van der Waals surface area contributed by atoms with Crippen LogP contribution in [0.5, 0.6) is 0 Å². The second-order valence-corrected chi connectivity index (χ2v) is 6.20. The summed E-state index contributed by atoms with van der Waals surface area (Å²) >= 11 is 1.69. The van der Waals surface area contributed by atoms with E-state index < -0.39 is 0 Å². The van der Waals surface area contributed by atoms with Gasteiger partial charge in [-0.2, -0.15) is 0 Å². The Morgan fingerprint density at radius 2 is 1.86 bits per heavy atom. The van der Waals surface area contributed by atoms with Crippen LogP contribution in [-0.4, -0.2) is 31.0 Å². The fourth-order valence-corrected chi connectivity index (χ4v) is 3.41. The van der Waals surface area contributed by atoms with Gasteiger partial charge in [0.2, 0.25) is 4.80 Å². The minimum atomic E-state index is 0. The molecule has 2 aromatic rings. The highest BCUT2D eigenvalue weighted by Gasteiger charge is 2.14. The Balaban J connectivity index is 0.00000176. The number of aromatic nitrogens is 1. The quantitative estimate of drug-likeness (QED) is 0.841. The van der Waals surface area contributed by atoms with E-state index in [1.54, 1.807) is 11.3 Å². The van der Waals surface area contributed by atoms with E-state index in [0.29, 0.717) is 0 Å². The molecule has 2 heterocycles. The standard InChI is InChI=1S/C16H21N3OS.ClH/c1-12-5-4-6-15(14(12)3)17-16-19(13(2)11-21-16)18-7-9-20-10-8-18;/h4-6,11H,7-10H2,1-3H3;1H. The lowest BCUT2D eigenvalue weighted by Crippen LogP contribution is -2.48. The number of morpholine rings is 1. The minimum absolute atomic E-state index is 0. The van der Waals surface area contributed by atoms with Crippen LogP contribution >= 0.6 is 23.7 Å². The zero-order valence-corrected chi connectivity index (χ0v) is 14.8. The first kappa shape index (κ1) is 17.1. The molecular formula is C16H22ClN3OS. The van der Waals surface area contributed by atoms with Crippen molar-refractivity contribution in [2.75, 3.05) is 31.3 Å². The van der Waals surface area contributed by atoms with E-state index in [9.17, 15) is 0 Å². The van der Waals surface area contributed by atoms with Crippen molar-refractivity contribution in [1.82, 2.24) is 4.68 Å². The Labute approximate surface area is 141 Å². The highest BCUT2D eigenvalue weighted by molar-refractivity contribution is 7.07. The summed E-state index contributed by atoms with van der Waals surface area (Å²) in [4.78, 5) is 5.93. The van der Waals surface area contributed by atoms with Gasteiger partial charge in [-0.25, -0.2) is 9.67 Å². The van der Waals surface area contributed by atoms with Gasteiger partial charge in [-0.05, 0) is 38.0 Å². The summed E-state index contributed by atoms with van der Waals surface area (Å²) in [7, 11) is 0. The maximum atomic E-state index is 5.45. The summed E-state index contributed by atoms with van der Waals surface area (Å²) in [5.74, 6) is 0. The third-order valence-electron chi connectivity index (χ3n) is 3.91. The van der Waals surface area contributed by atoms with E-state index in [2.05, 4.69) is 54.0 Å². The fourth-order valence-electron chi connectivity index (χ4n) is 2.52. The normalized spacial score (nSPS) is 15.8. The zero-order valence-electron chi connectivity index (χ0n) is 13.2. The third kappa shape index (κ3) is 3.37. The molecule has 22 heavy (non-hydrogen) atoms. The summed E-state index contributed by atoms with van der Waals surface area (Å²) < 4.78 is 7.68. The molecule has 0 unspecified atom stereocenters. The van der Waals surface area contributed by atoms with Gasteiger partial charge in [-0.1, -0.05) is 12.1 Å². The number of hydrogen-bond donors (Lipinski definition) is 0. The van der Waals surface area contributed by atoms with Crippen LogP contribution in [0.2, 0.25) is 0 Å². The number of aryl methyl sites for hydroxylation is 2. The molecule has 0 spiro atoms. The number of rotatable bonds is 2. The van der Waals surface area contributed by atoms with Crippen LogP contribution < -0.4 is 9.81 Å². The number of ether oxygens (including phenoxy) is 1. The van der Waals surface area contributed by atoms with Crippen LogP contribution in [0, 0.1) is 20.8 Å². The summed E-state index contributed by atoms with van der Waals surface area (Å²) in [6, 6.07) is 6.28. The Bertz CT molecular complexity index is 702. The first-order chi connectivity index (χ1) is 10.2. The highest BCUT2D eigenvalue weighted by atomic mass is 35.5. The van der Waals surface area contributed by atoms with Gasteiger partial charge in [0.1, 0.15) is 0 Å². The predicted octanol–water partition coefficient (Wildman–Crippen LogP) is 3.10. The van der Waals surface area contributed by atoms with E-state index in [0.717, 1.165) is 36.8 Å². The van der Waals surface area contributed by atoms with Gasteiger partial charge in [0.25, 0.3) is 0 Å². The van der Waals surface area contributed by atoms with Crippen LogP contribution in [0.3, 0.4) is 0 Å². The molecule has 1 saturated heterocycles. The summed E-state index contributed by atoms with van der Waals surface area (Å²) in [6.45, 7) is 9.79. The van der Waals surface area contributed by atoms with Crippen molar-refractivity contribution in [2.24, 2.45) is 4.99 Å². The monoisotopic (exact) mass is 339 g/mol. The Morgan fingerprint density at radius 3 is 2.59 bits per heavy atom. The average molecular weight is 340 g/mol. The van der Waals surface area contributed by atoms with Crippen molar-refractivity contribution in [3.8, 4) is 0 Å². The molecule has 1 fully saturated rings. The Hall–Kier alpha value is -1.30. The van der Waals surface area contributed by atoms with E-state index in [4.69, 9.17) is 9.73 Å². The van der Waals surface area contributed by atoms with Crippen molar-refractivity contribution < 1.29 is 4.74 Å². The first-order valence-electron chi connectivity index (χ1n) is 7.28. The van der Waals surface area contributed by atoms with Crippen molar-refractivity contribution >= 4 is 29.4 Å². The molecule has 0 bridgehead atoms. The Morgan fingerprint density at radius 1 is 1.14 bits per heavy atom. The largest absolute Gasteiger partial charge is 0.378 e. The van der Waals surface area contributed by atoms with E-state index in [1.807, 2.05) is 0 Å². The molecule has 0 radical (unpaired) electrons. The number of nitrogens with zero attached hydrogens (tertiary/aromatic N) is 3. The zero-order chi connectivity index (χ0) is 14.8. The van der Waals surface area contributed by atoms with Crippen molar-refractivity contribution in [2.45, 2.75) is 20.8 Å². The maximum absolute atomic E-state index is 5.45. The molecule has 6 heteroatoms. The molecular weight excluding hydrogens is 318 g/mol. The summed E-state index contributed by atoms with van der Waals surface area (Å²) in [5, 5.41) is 4.48. The SMILES string of the molecule is Cc1cccc(N=c2scc(C)n2N2CCOCC2)c1C.Cl. The smallest absolute Gasteiger partial charge is 0.209 e. The molecule has 0 saturated carbocycles. The number of benzene rings is 1. The highest BCUT2D eigenvalue weighted by Crippen LogP contribution is 2.20. The first-order valence-corrected chi connectivity index (χ1v) is 8.16.